The Balaban J connectivity index is 0.000000671. The second-order valence-electron chi connectivity index (χ2n) is 3.31. The van der Waals surface area contributed by atoms with Crippen LogP contribution in [0.4, 0.5) is 0 Å². The van der Waals surface area contributed by atoms with E-state index in [0.29, 0.717) is 6.04 Å². The third kappa shape index (κ3) is 4.44. The molecule has 0 spiro atoms. The average Bonchev–Trinajstić information content (AvgIpc) is 2.14. The minimum absolute atomic E-state index is 0.602. The molecule has 13 heavy (non-hydrogen) atoms. The summed E-state index contributed by atoms with van der Waals surface area (Å²) in [4.78, 5) is 2.31. The van der Waals surface area contributed by atoms with E-state index in [0.717, 1.165) is 13.2 Å². The molecule has 0 aliphatic carbocycles. The highest BCUT2D eigenvalue weighted by Gasteiger charge is 2.19. The normalized spacial score (nSPS) is 23.7. The molecule has 1 rings (SSSR count). The van der Waals surface area contributed by atoms with Crippen LogP contribution in [0.25, 0.3) is 0 Å². The molecule has 1 atom stereocenters. The standard InChI is InChI=1S/C9H17NO.C2H6/c1-8-4-5-9(7-11-3)10(2)6-8;1-2/h9H,1,4-7H2,2-3H3;1-2H3. The van der Waals surface area contributed by atoms with Crippen molar-refractivity contribution in [2.45, 2.75) is 32.7 Å². The molecular weight excluding hydrogens is 162 g/mol. The van der Waals surface area contributed by atoms with Gasteiger partial charge in [-0.25, -0.2) is 0 Å². The molecule has 0 N–H and O–H groups in total. The van der Waals surface area contributed by atoms with Gasteiger partial charge in [-0.1, -0.05) is 26.0 Å². The zero-order valence-corrected chi connectivity index (χ0v) is 9.47. The van der Waals surface area contributed by atoms with E-state index in [1.165, 1.54) is 18.4 Å². The molecule has 0 saturated carbocycles. The van der Waals surface area contributed by atoms with Gasteiger partial charge in [0, 0.05) is 19.7 Å². The van der Waals surface area contributed by atoms with Gasteiger partial charge in [0.25, 0.3) is 0 Å². The molecule has 78 valence electrons. The zero-order chi connectivity index (χ0) is 10.3. The third-order valence-corrected chi connectivity index (χ3v) is 2.29. The lowest BCUT2D eigenvalue weighted by molar-refractivity contribution is 0.0959. The van der Waals surface area contributed by atoms with Gasteiger partial charge >= 0.3 is 0 Å². The van der Waals surface area contributed by atoms with Gasteiger partial charge in [-0.15, -0.1) is 0 Å². The third-order valence-electron chi connectivity index (χ3n) is 2.29. The van der Waals surface area contributed by atoms with Crippen LogP contribution in [0.15, 0.2) is 12.2 Å². The predicted molar refractivity (Wildman–Crippen MR) is 58.0 cm³/mol. The van der Waals surface area contributed by atoms with E-state index in [2.05, 4.69) is 18.5 Å². The van der Waals surface area contributed by atoms with Gasteiger partial charge in [0.05, 0.1) is 6.61 Å². The van der Waals surface area contributed by atoms with Crippen LogP contribution in [-0.2, 0) is 4.74 Å². The van der Waals surface area contributed by atoms with Crippen LogP contribution in [-0.4, -0.2) is 38.3 Å². The molecule has 2 nitrogen and oxygen atoms in total. The summed E-state index contributed by atoms with van der Waals surface area (Å²) in [7, 11) is 3.89. The molecule has 0 aromatic carbocycles. The minimum atomic E-state index is 0.602. The molecule has 0 amide bonds. The van der Waals surface area contributed by atoms with Gasteiger partial charge in [0.2, 0.25) is 0 Å². The van der Waals surface area contributed by atoms with Gasteiger partial charge in [0.15, 0.2) is 0 Å². The lowest BCUT2D eigenvalue weighted by Crippen LogP contribution is -2.39. The monoisotopic (exact) mass is 185 g/mol. The molecule has 1 heterocycles. The van der Waals surface area contributed by atoms with E-state index in [9.17, 15) is 0 Å². The Morgan fingerprint density at radius 1 is 1.54 bits per heavy atom. The van der Waals surface area contributed by atoms with Crippen LogP contribution in [0, 0.1) is 0 Å². The fraction of sp³-hybridized carbons (Fsp3) is 0.818. The summed E-state index contributed by atoms with van der Waals surface area (Å²) < 4.78 is 5.12. The minimum Gasteiger partial charge on any atom is -0.383 e. The Hall–Kier alpha value is -0.340. The second kappa shape index (κ2) is 7.10. The maximum Gasteiger partial charge on any atom is 0.0618 e. The van der Waals surface area contributed by atoms with Crippen molar-refractivity contribution in [2.75, 3.05) is 27.3 Å². The first kappa shape index (κ1) is 12.7. The molecule has 0 aromatic rings. The van der Waals surface area contributed by atoms with Crippen molar-refractivity contribution in [3.05, 3.63) is 12.2 Å². The number of hydrogen-bond acceptors (Lipinski definition) is 2. The number of likely N-dealkylation sites (N-methyl/N-ethyl adjacent to an activating group) is 1. The van der Waals surface area contributed by atoms with E-state index >= 15 is 0 Å². The first-order valence-corrected chi connectivity index (χ1v) is 5.10. The number of nitrogens with zero attached hydrogens (tertiary/aromatic N) is 1. The van der Waals surface area contributed by atoms with E-state index < -0.39 is 0 Å². The van der Waals surface area contributed by atoms with E-state index in [4.69, 9.17) is 4.74 Å². The largest absolute Gasteiger partial charge is 0.383 e. The van der Waals surface area contributed by atoms with Gasteiger partial charge < -0.3 is 4.74 Å². The predicted octanol–water partition coefficient (Wildman–Crippen LogP) is 2.31. The average molecular weight is 185 g/mol. The Morgan fingerprint density at radius 3 is 2.62 bits per heavy atom. The van der Waals surface area contributed by atoms with Crippen LogP contribution in [0.5, 0.6) is 0 Å². The molecule has 1 saturated heterocycles. The number of methoxy groups -OCH3 is 1. The van der Waals surface area contributed by atoms with E-state index in [-0.39, 0.29) is 0 Å². The number of rotatable bonds is 2. The molecule has 1 aliphatic heterocycles. The van der Waals surface area contributed by atoms with Gasteiger partial charge in [-0.3, -0.25) is 4.90 Å². The SMILES string of the molecule is C=C1CCC(COC)N(C)C1.CC. The Kier molecular flexibility index (Phi) is 6.92. The molecule has 0 bridgehead atoms. The number of likely N-dealkylation sites (tertiary alicyclic amines) is 1. The fourth-order valence-corrected chi connectivity index (χ4v) is 1.55. The Morgan fingerprint density at radius 2 is 2.15 bits per heavy atom. The van der Waals surface area contributed by atoms with Crippen molar-refractivity contribution >= 4 is 0 Å². The van der Waals surface area contributed by atoms with Gasteiger partial charge in [-0.05, 0) is 19.9 Å². The van der Waals surface area contributed by atoms with Crippen molar-refractivity contribution in [1.82, 2.24) is 4.90 Å². The zero-order valence-electron chi connectivity index (χ0n) is 9.47. The summed E-state index contributed by atoms with van der Waals surface area (Å²) in [5.41, 5.74) is 1.35. The molecule has 1 fully saturated rings. The lowest BCUT2D eigenvalue weighted by Gasteiger charge is -2.33. The quantitative estimate of drug-likeness (QED) is 0.612. The second-order valence-corrected chi connectivity index (χ2v) is 3.31. The van der Waals surface area contributed by atoms with Crippen LogP contribution >= 0.6 is 0 Å². The molecule has 1 unspecified atom stereocenters. The first-order valence-electron chi connectivity index (χ1n) is 5.10. The molecule has 2 heteroatoms. The molecular formula is C11H23NO. The highest BCUT2D eigenvalue weighted by atomic mass is 16.5. The smallest absolute Gasteiger partial charge is 0.0618 e. The molecule has 1 aliphatic rings. The summed E-state index contributed by atoms with van der Waals surface area (Å²) in [6, 6.07) is 0.602. The van der Waals surface area contributed by atoms with Crippen LogP contribution in [0.2, 0.25) is 0 Å². The van der Waals surface area contributed by atoms with Crippen LogP contribution in [0.1, 0.15) is 26.7 Å². The van der Waals surface area contributed by atoms with Crippen molar-refractivity contribution in [3.8, 4) is 0 Å². The van der Waals surface area contributed by atoms with Crippen molar-refractivity contribution in [1.29, 1.82) is 0 Å². The maximum atomic E-state index is 5.12. The highest BCUT2D eigenvalue weighted by molar-refractivity contribution is 5.02. The summed E-state index contributed by atoms with van der Waals surface area (Å²) in [5.74, 6) is 0. The summed E-state index contributed by atoms with van der Waals surface area (Å²) in [6.45, 7) is 9.86. The first-order chi connectivity index (χ1) is 6.24. The number of ether oxygens (including phenoxy) is 1. The number of hydrogen-bond donors (Lipinski definition) is 0. The highest BCUT2D eigenvalue weighted by Crippen LogP contribution is 2.18. The number of piperidine rings is 1. The van der Waals surface area contributed by atoms with Crippen LogP contribution in [0.3, 0.4) is 0 Å². The topological polar surface area (TPSA) is 12.5 Å². The fourth-order valence-electron chi connectivity index (χ4n) is 1.55. The maximum absolute atomic E-state index is 5.12. The van der Waals surface area contributed by atoms with Crippen molar-refractivity contribution in [3.63, 3.8) is 0 Å². The lowest BCUT2D eigenvalue weighted by atomic mass is 10.0. The molecule has 0 radical (unpaired) electrons. The van der Waals surface area contributed by atoms with E-state index in [1.54, 1.807) is 7.11 Å². The van der Waals surface area contributed by atoms with Gasteiger partial charge in [-0.2, -0.15) is 0 Å². The van der Waals surface area contributed by atoms with E-state index in [1.807, 2.05) is 13.8 Å². The summed E-state index contributed by atoms with van der Waals surface area (Å²) in [5, 5.41) is 0. The van der Waals surface area contributed by atoms with Crippen molar-refractivity contribution < 1.29 is 4.74 Å². The molecule has 0 aromatic heterocycles. The summed E-state index contributed by atoms with van der Waals surface area (Å²) in [6.07, 6.45) is 2.36. The van der Waals surface area contributed by atoms with Crippen molar-refractivity contribution in [2.24, 2.45) is 0 Å². The van der Waals surface area contributed by atoms with Crippen LogP contribution < -0.4 is 0 Å². The Labute approximate surface area is 82.6 Å². The summed E-state index contributed by atoms with van der Waals surface area (Å²) >= 11 is 0. The Bertz CT molecular complexity index is 145. The van der Waals surface area contributed by atoms with Gasteiger partial charge in [0.1, 0.15) is 0 Å².